The van der Waals surface area contributed by atoms with Crippen LogP contribution in [0.5, 0.6) is 5.75 Å². The highest BCUT2D eigenvalue weighted by molar-refractivity contribution is 6.33. The van der Waals surface area contributed by atoms with Crippen molar-refractivity contribution in [1.29, 1.82) is 0 Å². The van der Waals surface area contributed by atoms with Gasteiger partial charge in [-0.1, -0.05) is 54.9 Å². The van der Waals surface area contributed by atoms with Gasteiger partial charge in [0.25, 0.3) is 11.5 Å². The Kier molecular flexibility index (Phi) is 11.3. The number of fused-ring (bicyclic) bond motifs is 1. The third kappa shape index (κ3) is 8.20. The van der Waals surface area contributed by atoms with Crippen LogP contribution in [-0.2, 0) is 35.3 Å². The number of likely N-dealkylation sites (N-methyl/N-ethyl adjacent to an activating group) is 1. The molecule has 1 fully saturated rings. The molecule has 298 valence electrons. The molecule has 1 unspecified atom stereocenters. The molecule has 5 aromatic rings. The van der Waals surface area contributed by atoms with Crippen LogP contribution in [0.15, 0.2) is 65.7 Å². The van der Waals surface area contributed by atoms with Crippen LogP contribution < -0.4 is 20.5 Å². The summed E-state index contributed by atoms with van der Waals surface area (Å²) in [6.07, 6.45) is -0.130. The monoisotopic (exact) mass is 805 g/mol. The SMILES string of the molecule is CCc1c(N2CCC(N(C)C(=O)c3ncnc(C)c3OCc3ccccc3)C2)c(=O)n2nc(C3=CCOCC3)nc2n1CC(=O)Nc1ccc(C(F)(F)F)cc1Cl. The summed E-state index contributed by atoms with van der Waals surface area (Å²) in [7, 11) is 1.68. The largest absolute Gasteiger partial charge is 0.485 e. The van der Waals surface area contributed by atoms with Crippen molar-refractivity contribution in [3.63, 3.8) is 0 Å². The number of benzene rings is 2. The number of ether oxygens (including phenoxy) is 2. The molecule has 2 amide bonds. The van der Waals surface area contributed by atoms with Gasteiger partial charge in [-0.3, -0.25) is 14.4 Å². The van der Waals surface area contributed by atoms with Crippen molar-refractivity contribution < 1.29 is 32.2 Å². The van der Waals surface area contributed by atoms with Crippen LogP contribution >= 0.6 is 11.6 Å². The summed E-state index contributed by atoms with van der Waals surface area (Å²) in [4.78, 5) is 58.8. The second-order valence-electron chi connectivity index (χ2n) is 13.7. The fourth-order valence-electron chi connectivity index (χ4n) is 7.03. The number of nitrogens with zero attached hydrogens (tertiary/aromatic N) is 8. The highest BCUT2D eigenvalue weighted by Gasteiger charge is 2.35. The number of hydrogen-bond acceptors (Lipinski definition) is 10. The Bertz CT molecular complexity index is 2420. The molecule has 14 nitrogen and oxygen atoms in total. The molecule has 0 radical (unpaired) electrons. The number of halogens is 4. The lowest BCUT2D eigenvalue weighted by Crippen LogP contribution is -2.41. The molecule has 3 aromatic heterocycles. The van der Waals surface area contributed by atoms with Gasteiger partial charge >= 0.3 is 6.18 Å². The number of carbonyl (C=O) groups is 2. The number of amides is 2. The number of aryl methyl sites for hydroxylation is 1. The van der Waals surface area contributed by atoms with E-state index in [2.05, 4.69) is 20.4 Å². The maximum Gasteiger partial charge on any atom is 0.416 e. The number of alkyl halides is 3. The lowest BCUT2D eigenvalue weighted by molar-refractivity contribution is -0.137. The average Bonchev–Trinajstić information content (AvgIpc) is 3.88. The quantitative estimate of drug-likeness (QED) is 0.179. The molecule has 1 saturated heterocycles. The minimum atomic E-state index is -4.61. The Hall–Kier alpha value is -5.81. The molecule has 57 heavy (non-hydrogen) atoms. The first-order valence-electron chi connectivity index (χ1n) is 18.3. The lowest BCUT2D eigenvalue weighted by Gasteiger charge is -2.27. The highest BCUT2D eigenvalue weighted by Crippen LogP contribution is 2.34. The summed E-state index contributed by atoms with van der Waals surface area (Å²) in [5, 5.41) is 6.91. The maximum absolute atomic E-state index is 14.4. The first-order valence-corrected chi connectivity index (χ1v) is 18.7. The Morgan fingerprint density at radius 1 is 1.14 bits per heavy atom. The predicted octanol–water partition coefficient (Wildman–Crippen LogP) is 5.60. The van der Waals surface area contributed by atoms with E-state index in [1.165, 1.54) is 10.8 Å². The van der Waals surface area contributed by atoms with Crippen LogP contribution in [-0.4, -0.2) is 85.2 Å². The first-order chi connectivity index (χ1) is 27.3. The number of rotatable bonds is 11. The van der Waals surface area contributed by atoms with Crippen LogP contribution in [0.3, 0.4) is 0 Å². The normalized spacial score (nSPS) is 15.8. The Balaban J connectivity index is 1.19. The van der Waals surface area contributed by atoms with Gasteiger partial charge in [-0.15, -0.1) is 5.10 Å². The summed E-state index contributed by atoms with van der Waals surface area (Å²) in [5.41, 5.74) is 1.69. The molecule has 0 aliphatic carbocycles. The van der Waals surface area contributed by atoms with Crippen LogP contribution in [0.1, 0.15) is 58.6 Å². The standard InChI is InChI=1S/C39H39ClF3N9O5/c1-4-30-33(50-15-12-27(19-50)49(3)36(54)32-34(23(2)44-22-45-32)57-21-24-8-6-5-7-9-24)37(55)52-38(47-35(48-52)25-13-16-56-17-14-25)51(30)20-31(53)46-29-11-10-26(18-28(29)40)39(41,42)43/h5-11,13,18,22,27H,4,12,14-17,19-21H2,1-3H3,(H,46,53). The van der Waals surface area contributed by atoms with E-state index in [-0.39, 0.29) is 65.3 Å². The van der Waals surface area contributed by atoms with Gasteiger partial charge in [-0.2, -0.15) is 22.7 Å². The third-order valence-corrected chi connectivity index (χ3v) is 10.4. The fourth-order valence-corrected chi connectivity index (χ4v) is 7.26. The molecule has 5 heterocycles. The van der Waals surface area contributed by atoms with Crippen molar-refractivity contribution in [2.24, 2.45) is 0 Å². The summed E-state index contributed by atoms with van der Waals surface area (Å²) >= 11 is 6.16. The molecule has 1 atom stereocenters. The second-order valence-corrected chi connectivity index (χ2v) is 14.1. The van der Waals surface area contributed by atoms with E-state index in [0.29, 0.717) is 56.2 Å². The molecule has 7 rings (SSSR count). The topological polar surface area (TPSA) is 149 Å². The fraction of sp³-hybridized carbons (Fsp3) is 0.359. The molecular weight excluding hydrogens is 767 g/mol. The zero-order chi connectivity index (χ0) is 40.4. The van der Waals surface area contributed by atoms with E-state index in [9.17, 15) is 27.6 Å². The number of nitrogens with one attached hydrogen (secondary N) is 1. The Labute approximate surface area is 329 Å². The van der Waals surface area contributed by atoms with E-state index in [4.69, 9.17) is 26.1 Å². The lowest BCUT2D eigenvalue weighted by atomic mass is 10.1. The van der Waals surface area contributed by atoms with Crippen molar-refractivity contribution in [3.05, 3.63) is 110 Å². The summed E-state index contributed by atoms with van der Waals surface area (Å²) in [6.45, 7) is 4.91. The van der Waals surface area contributed by atoms with E-state index in [1.54, 1.807) is 23.4 Å². The van der Waals surface area contributed by atoms with Gasteiger partial charge in [-0.05, 0) is 55.5 Å². The van der Waals surface area contributed by atoms with E-state index < -0.39 is 23.2 Å². The van der Waals surface area contributed by atoms with Gasteiger partial charge in [0.05, 0.1) is 46.9 Å². The number of aromatic nitrogens is 6. The number of carbonyl (C=O) groups excluding carboxylic acids is 2. The molecule has 18 heteroatoms. The Morgan fingerprint density at radius 3 is 2.63 bits per heavy atom. The molecule has 1 N–H and O–H groups in total. The van der Waals surface area contributed by atoms with E-state index in [0.717, 1.165) is 29.3 Å². The van der Waals surface area contributed by atoms with E-state index in [1.807, 2.05) is 48.2 Å². The molecular formula is C39H39ClF3N9O5. The van der Waals surface area contributed by atoms with Gasteiger partial charge in [0.15, 0.2) is 17.3 Å². The molecule has 0 spiro atoms. The van der Waals surface area contributed by atoms with Gasteiger partial charge in [0.2, 0.25) is 11.7 Å². The summed E-state index contributed by atoms with van der Waals surface area (Å²) < 4.78 is 54.1. The minimum Gasteiger partial charge on any atom is -0.485 e. The number of anilines is 2. The first kappa shape index (κ1) is 39.4. The van der Waals surface area contributed by atoms with Crippen LogP contribution in [0.2, 0.25) is 5.02 Å². The van der Waals surface area contributed by atoms with Crippen LogP contribution in [0.25, 0.3) is 11.4 Å². The number of hydrogen-bond donors (Lipinski definition) is 1. The smallest absolute Gasteiger partial charge is 0.416 e. The van der Waals surface area contributed by atoms with Crippen molar-refractivity contribution in [2.75, 3.05) is 43.6 Å². The van der Waals surface area contributed by atoms with Gasteiger partial charge < -0.3 is 29.2 Å². The van der Waals surface area contributed by atoms with Crippen molar-refractivity contribution in [3.8, 4) is 5.75 Å². The second kappa shape index (κ2) is 16.3. The average molecular weight is 806 g/mol. The predicted molar refractivity (Wildman–Crippen MR) is 205 cm³/mol. The maximum atomic E-state index is 14.4. The molecule has 0 saturated carbocycles. The third-order valence-electron chi connectivity index (χ3n) is 10.0. The summed E-state index contributed by atoms with van der Waals surface area (Å²) in [5.74, 6) is -0.283. The van der Waals surface area contributed by atoms with Gasteiger partial charge in [0, 0.05) is 20.1 Å². The summed E-state index contributed by atoms with van der Waals surface area (Å²) in [6, 6.07) is 11.9. The van der Waals surface area contributed by atoms with Gasteiger partial charge in [0.1, 0.15) is 25.2 Å². The van der Waals surface area contributed by atoms with Gasteiger partial charge in [-0.25, -0.2) is 9.97 Å². The highest BCUT2D eigenvalue weighted by atomic mass is 35.5. The molecule has 2 aromatic carbocycles. The van der Waals surface area contributed by atoms with Crippen molar-refractivity contribution in [2.45, 2.75) is 58.5 Å². The van der Waals surface area contributed by atoms with Crippen LogP contribution in [0.4, 0.5) is 24.5 Å². The van der Waals surface area contributed by atoms with Crippen molar-refractivity contribution >= 4 is 46.1 Å². The van der Waals surface area contributed by atoms with Crippen molar-refractivity contribution in [1.82, 2.24) is 34.0 Å². The zero-order valence-corrected chi connectivity index (χ0v) is 32.1. The Morgan fingerprint density at radius 2 is 1.93 bits per heavy atom. The zero-order valence-electron chi connectivity index (χ0n) is 31.3. The molecule has 2 aliphatic heterocycles. The van der Waals surface area contributed by atoms with Crippen LogP contribution in [0, 0.1) is 6.92 Å². The minimum absolute atomic E-state index is 0.0119. The molecule has 2 aliphatic rings. The molecule has 0 bridgehead atoms. The van der Waals surface area contributed by atoms with E-state index >= 15 is 0 Å².